The van der Waals surface area contributed by atoms with E-state index in [0.29, 0.717) is 24.8 Å². The predicted molar refractivity (Wildman–Crippen MR) is 81.3 cm³/mol. The van der Waals surface area contributed by atoms with Gasteiger partial charge in [-0.25, -0.2) is 8.42 Å². The van der Waals surface area contributed by atoms with Gasteiger partial charge in [-0.1, -0.05) is 11.6 Å². The van der Waals surface area contributed by atoms with Gasteiger partial charge in [-0.3, -0.25) is 0 Å². The first-order chi connectivity index (χ1) is 9.32. The number of sulfonamides is 1. The van der Waals surface area contributed by atoms with Gasteiger partial charge in [-0.15, -0.1) is 0 Å². The second-order valence-electron chi connectivity index (χ2n) is 5.29. The molecule has 20 heavy (non-hydrogen) atoms. The molecule has 0 aliphatic carbocycles. The Hall–Kier alpha value is -0.820. The van der Waals surface area contributed by atoms with E-state index in [0.717, 1.165) is 12.8 Å². The van der Waals surface area contributed by atoms with Crippen molar-refractivity contribution < 1.29 is 8.42 Å². The van der Waals surface area contributed by atoms with Crippen LogP contribution in [0, 0.1) is 0 Å². The molecule has 112 valence electrons. The highest BCUT2D eigenvalue weighted by molar-refractivity contribution is 7.89. The van der Waals surface area contributed by atoms with E-state index >= 15 is 0 Å². The molecule has 0 aromatic heterocycles. The third-order valence-electron chi connectivity index (χ3n) is 3.73. The average Bonchev–Trinajstić information content (AvgIpc) is 2.38. The molecule has 0 unspecified atom stereocenters. The predicted octanol–water partition coefficient (Wildman–Crippen LogP) is 1.64. The maximum Gasteiger partial charge on any atom is 0.244 e. The molecule has 1 fully saturated rings. The van der Waals surface area contributed by atoms with E-state index in [1.807, 2.05) is 14.1 Å². The molecule has 5 nitrogen and oxygen atoms in total. The number of anilines is 1. The van der Waals surface area contributed by atoms with Crippen LogP contribution in [0.15, 0.2) is 23.1 Å². The maximum absolute atomic E-state index is 12.6. The van der Waals surface area contributed by atoms with E-state index in [-0.39, 0.29) is 9.92 Å². The van der Waals surface area contributed by atoms with Crippen LogP contribution in [-0.2, 0) is 10.0 Å². The van der Waals surface area contributed by atoms with Gasteiger partial charge in [0.1, 0.15) is 4.90 Å². The first-order valence-electron chi connectivity index (χ1n) is 6.54. The Balaban J connectivity index is 2.20. The summed E-state index contributed by atoms with van der Waals surface area (Å²) in [5, 5.41) is 0.180. The highest BCUT2D eigenvalue weighted by atomic mass is 35.5. The van der Waals surface area contributed by atoms with Crippen LogP contribution in [0.3, 0.4) is 0 Å². The summed E-state index contributed by atoms with van der Waals surface area (Å²) in [4.78, 5) is 2.27. The van der Waals surface area contributed by atoms with Crippen molar-refractivity contribution in [2.24, 2.45) is 0 Å². The van der Waals surface area contributed by atoms with Gasteiger partial charge >= 0.3 is 0 Å². The molecular formula is C13H20ClN3O2S. The first-order valence-corrected chi connectivity index (χ1v) is 8.36. The number of hydrogen-bond donors (Lipinski definition) is 1. The standard InChI is InChI=1S/C13H20ClN3O2S/c1-16(2)11-5-7-17(8-6-11)20(18,19)13-4-3-10(15)9-12(13)14/h3-4,9,11H,5-8,15H2,1-2H3. The zero-order chi connectivity index (χ0) is 14.9. The van der Waals surface area contributed by atoms with Crippen LogP contribution in [0.1, 0.15) is 12.8 Å². The second kappa shape index (κ2) is 5.89. The lowest BCUT2D eigenvalue weighted by Gasteiger charge is -2.34. The SMILES string of the molecule is CN(C)C1CCN(S(=O)(=O)c2ccc(N)cc2Cl)CC1. The van der Waals surface area contributed by atoms with Crippen molar-refractivity contribution in [1.82, 2.24) is 9.21 Å². The van der Waals surface area contributed by atoms with Crippen molar-refractivity contribution in [3.8, 4) is 0 Å². The van der Waals surface area contributed by atoms with Gasteiger partial charge in [0.05, 0.1) is 5.02 Å². The van der Waals surface area contributed by atoms with Crippen molar-refractivity contribution in [2.75, 3.05) is 32.9 Å². The number of nitrogens with two attached hydrogens (primary N) is 1. The smallest absolute Gasteiger partial charge is 0.244 e. The molecule has 1 aliphatic heterocycles. The molecular weight excluding hydrogens is 298 g/mol. The van der Waals surface area contributed by atoms with Gasteiger partial charge in [-0.05, 0) is 45.1 Å². The fourth-order valence-corrected chi connectivity index (χ4v) is 4.46. The van der Waals surface area contributed by atoms with Gasteiger partial charge in [-0.2, -0.15) is 4.31 Å². The number of piperidine rings is 1. The van der Waals surface area contributed by atoms with Crippen LogP contribution in [0.4, 0.5) is 5.69 Å². The van der Waals surface area contributed by atoms with Crippen LogP contribution in [0.2, 0.25) is 5.02 Å². The van der Waals surface area contributed by atoms with Gasteiger partial charge in [0.25, 0.3) is 0 Å². The summed E-state index contributed by atoms with van der Waals surface area (Å²) in [6.07, 6.45) is 1.66. The number of benzene rings is 1. The summed E-state index contributed by atoms with van der Waals surface area (Å²) in [6, 6.07) is 4.94. The largest absolute Gasteiger partial charge is 0.399 e. The minimum Gasteiger partial charge on any atom is -0.399 e. The molecule has 7 heteroatoms. The molecule has 0 bridgehead atoms. The van der Waals surface area contributed by atoms with Crippen molar-refractivity contribution in [1.29, 1.82) is 0 Å². The number of hydrogen-bond acceptors (Lipinski definition) is 4. The van der Waals surface area contributed by atoms with E-state index in [1.165, 1.54) is 16.4 Å². The molecule has 0 radical (unpaired) electrons. The number of rotatable bonds is 3. The van der Waals surface area contributed by atoms with E-state index < -0.39 is 10.0 Å². The maximum atomic E-state index is 12.6. The van der Waals surface area contributed by atoms with Gasteiger partial charge in [0.15, 0.2) is 0 Å². The van der Waals surface area contributed by atoms with Crippen LogP contribution >= 0.6 is 11.6 Å². The molecule has 1 aromatic rings. The van der Waals surface area contributed by atoms with E-state index in [1.54, 1.807) is 6.07 Å². The molecule has 0 atom stereocenters. The van der Waals surface area contributed by atoms with E-state index in [2.05, 4.69) is 4.90 Å². The third kappa shape index (κ3) is 3.09. The Kier molecular flexibility index (Phi) is 4.59. The summed E-state index contributed by atoms with van der Waals surface area (Å²) in [5.41, 5.74) is 6.06. The summed E-state index contributed by atoms with van der Waals surface area (Å²) in [5.74, 6) is 0. The lowest BCUT2D eigenvalue weighted by Crippen LogP contribution is -2.44. The minimum absolute atomic E-state index is 0.136. The average molecular weight is 318 g/mol. The highest BCUT2D eigenvalue weighted by Crippen LogP contribution is 2.28. The summed E-state index contributed by atoms with van der Waals surface area (Å²) < 4.78 is 26.7. The van der Waals surface area contributed by atoms with Crippen LogP contribution in [-0.4, -0.2) is 50.8 Å². The van der Waals surface area contributed by atoms with Crippen LogP contribution < -0.4 is 5.73 Å². The molecule has 2 N–H and O–H groups in total. The number of nitrogens with zero attached hydrogens (tertiary/aromatic N) is 2. The van der Waals surface area contributed by atoms with Crippen molar-refractivity contribution in [3.63, 3.8) is 0 Å². The van der Waals surface area contributed by atoms with E-state index in [9.17, 15) is 8.42 Å². The Morgan fingerprint density at radius 2 is 1.90 bits per heavy atom. The number of halogens is 1. The molecule has 1 heterocycles. The van der Waals surface area contributed by atoms with Gasteiger partial charge < -0.3 is 10.6 Å². The Morgan fingerprint density at radius 3 is 2.40 bits per heavy atom. The molecule has 1 aliphatic rings. The molecule has 1 aromatic carbocycles. The normalized spacial score (nSPS) is 18.6. The Labute approximate surface area is 125 Å². The number of nitrogen functional groups attached to an aromatic ring is 1. The summed E-state index contributed by atoms with van der Waals surface area (Å²) >= 11 is 6.02. The topological polar surface area (TPSA) is 66.6 Å². The van der Waals surface area contributed by atoms with E-state index in [4.69, 9.17) is 17.3 Å². The fourth-order valence-electron chi connectivity index (χ4n) is 2.46. The molecule has 2 rings (SSSR count). The molecule has 0 saturated carbocycles. The zero-order valence-corrected chi connectivity index (χ0v) is 13.3. The Bertz CT molecular complexity index is 581. The second-order valence-corrected chi connectivity index (χ2v) is 7.60. The lowest BCUT2D eigenvalue weighted by atomic mass is 10.1. The van der Waals surface area contributed by atoms with Gasteiger partial charge in [0, 0.05) is 24.8 Å². The molecule has 0 spiro atoms. The molecule has 1 saturated heterocycles. The van der Waals surface area contributed by atoms with Crippen molar-refractivity contribution in [2.45, 2.75) is 23.8 Å². The quantitative estimate of drug-likeness (QED) is 0.861. The van der Waals surface area contributed by atoms with Gasteiger partial charge in [0.2, 0.25) is 10.0 Å². The van der Waals surface area contributed by atoms with Crippen molar-refractivity contribution >= 4 is 27.3 Å². The monoisotopic (exact) mass is 317 g/mol. The fraction of sp³-hybridized carbons (Fsp3) is 0.538. The highest BCUT2D eigenvalue weighted by Gasteiger charge is 2.31. The summed E-state index contributed by atoms with van der Waals surface area (Å²) in [6.45, 7) is 1.04. The van der Waals surface area contributed by atoms with Crippen molar-refractivity contribution in [3.05, 3.63) is 23.2 Å². The third-order valence-corrected chi connectivity index (χ3v) is 6.11. The summed E-state index contributed by atoms with van der Waals surface area (Å²) in [7, 11) is 0.508. The van der Waals surface area contributed by atoms with Crippen LogP contribution in [0.25, 0.3) is 0 Å². The molecule has 0 amide bonds. The zero-order valence-electron chi connectivity index (χ0n) is 11.7. The lowest BCUT2D eigenvalue weighted by molar-refractivity contribution is 0.196. The minimum atomic E-state index is -3.53. The van der Waals surface area contributed by atoms with Crippen LogP contribution in [0.5, 0.6) is 0 Å². The first kappa shape index (κ1) is 15.6. The Morgan fingerprint density at radius 1 is 1.30 bits per heavy atom.